The van der Waals surface area contributed by atoms with Crippen LogP contribution in [0, 0.1) is 12.3 Å². The molecule has 1 aromatic rings. The fourth-order valence-electron chi connectivity index (χ4n) is 3.07. The maximum atomic E-state index is 12.0. The van der Waals surface area contributed by atoms with Gasteiger partial charge in [-0.05, 0) is 18.4 Å². The molecule has 2 heterocycles. The van der Waals surface area contributed by atoms with Gasteiger partial charge >= 0.3 is 0 Å². The molecule has 24 heavy (non-hydrogen) atoms. The van der Waals surface area contributed by atoms with Crippen LogP contribution in [0.1, 0.15) is 50.2 Å². The maximum absolute atomic E-state index is 12.0. The first-order valence-corrected chi connectivity index (χ1v) is 8.55. The van der Waals surface area contributed by atoms with Gasteiger partial charge in [-0.25, -0.2) is 0 Å². The number of carbonyl (C=O) groups is 1. The van der Waals surface area contributed by atoms with Gasteiger partial charge in [-0.2, -0.15) is 10.2 Å². The first-order valence-electron chi connectivity index (χ1n) is 8.55. The van der Waals surface area contributed by atoms with Crippen LogP contribution in [0.3, 0.4) is 0 Å². The van der Waals surface area contributed by atoms with Crippen molar-refractivity contribution in [1.29, 1.82) is 0 Å². The number of nitrogens with one attached hydrogen (secondary N) is 1. The third kappa shape index (κ3) is 4.42. The van der Waals surface area contributed by atoms with Gasteiger partial charge in [0.15, 0.2) is 5.66 Å². The van der Waals surface area contributed by atoms with E-state index in [-0.39, 0.29) is 23.8 Å². The number of hydrogen-bond acceptors (Lipinski definition) is 4. The largest absolute Gasteiger partial charge is 0.368 e. The summed E-state index contributed by atoms with van der Waals surface area (Å²) in [7, 11) is 0. The predicted molar refractivity (Wildman–Crippen MR) is 91.2 cm³/mol. The number of amides is 1. The summed E-state index contributed by atoms with van der Waals surface area (Å²) in [5.74, 6) is 2.62. The summed E-state index contributed by atoms with van der Waals surface area (Å²) < 4.78 is 6.03. The zero-order valence-corrected chi connectivity index (χ0v) is 13.8. The van der Waals surface area contributed by atoms with Gasteiger partial charge in [0, 0.05) is 32.2 Å². The molecule has 2 aliphatic heterocycles. The summed E-state index contributed by atoms with van der Waals surface area (Å²) in [6, 6.07) is 10.2. The first-order chi connectivity index (χ1) is 11.7. The summed E-state index contributed by atoms with van der Waals surface area (Å²) in [6.07, 6.45) is 9.90. The molecule has 0 aromatic heterocycles. The second-order valence-corrected chi connectivity index (χ2v) is 6.43. The highest BCUT2D eigenvalue weighted by atomic mass is 16.5. The zero-order valence-electron chi connectivity index (χ0n) is 13.8. The molecule has 3 rings (SSSR count). The van der Waals surface area contributed by atoms with Crippen molar-refractivity contribution in [3.05, 3.63) is 35.9 Å². The lowest BCUT2D eigenvalue weighted by atomic mass is 10.0. The second kappa shape index (κ2) is 7.59. The van der Waals surface area contributed by atoms with Crippen LogP contribution in [0.5, 0.6) is 0 Å². The molecule has 5 heteroatoms. The number of terminal acetylenes is 1. The molecule has 2 unspecified atom stereocenters. The highest BCUT2D eigenvalue weighted by molar-refractivity contribution is 5.76. The molecule has 5 nitrogen and oxygen atoms in total. The Balaban J connectivity index is 1.35. The molecule has 2 atom stereocenters. The second-order valence-electron chi connectivity index (χ2n) is 6.43. The Kier molecular flexibility index (Phi) is 5.27. The molecular weight excluding hydrogens is 302 g/mol. The average Bonchev–Trinajstić information content (AvgIpc) is 3.23. The predicted octanol–water partition coefficient (Wildman–Crippen LogP) is 3.38. The average molecular weight is 325 g/mol. The molecule has 0 radical (unpaired) electrons. The van der Waals surface area contributed by atoms with Crippen molar-refractivity contribution in [2.75, 3.05) is 6.54 Å². The van der Waals surface area contributed by atoms with Gasteiger partial charge < -0.3 is 10.1 Å². The summed E-state index contributed by atoms with van der Waals surface area (Å²) in [5.41, 5.74) is 0.824. The monoisotopic (exact) mass is 325 g/mol. The van der Waals surface area contributed by atoms with Crippen molar-refractivity contribution in [3.63, 3.8) is 0 Å². The van der Waals surface area contributed by atoms with Gasteiger partial charge in [0.25, 0.3) is 0 Å². The van der Waals surface area contributed by atoms with Gasteiger partial charge in [0.2, 0.25) is 5.91 Å². The summed E-state index contributed by atoms with van der Waals surface area (Å²) >= 11 is 0. The van der Waals surface area contributed by atoms with Crippen molar-refractivity contribution in [1.82, 2.24) is 5.32 Å². The number of benzene rings is 1. The standard InChI is InChI=1S/C19H23N3O2/c1-2-3-12-19(21-22-19)13-11-18(23)20-14-16-9-10-17(24-16)15-7-5-4-6-8-15/h1,4-8,16-17H,3,9-14H2,(H,20,23). The number of rotatable bonds is 8. The number of ether oxygens (including phenoxy) is 1. The molecule has 126 valence electrons. The minimum absolute atomic E-state index is 0.0270. The highest BCUT2D eigenvalue weighted by Gasteiger charge is 2.39. The Bertz CT molecular complexity index is 630. The molecule has 1 aromatic carbocycles. The van der Waals surface area contributed by atoms with E-state index in [1.165, 1.54) is 5.56 Å². The Morgan fingerprint density at radius 3 is 2.79 bits per heavy atom. The minimum atomic E-state index is -0.383. The number of carbonyl (C=O) groups excluding carboxylic acids is 1. The Labute approximate surface area is 142 Å². The van der Waals surface area contributed by atoms with E-state index in [9.17, 15) is 4.79 Å². The Morgan fingerprint density at radius 2 is 2.08 bits per heavy atom. The van der Waals surface area contributed by atoms with Crippen LogP contribution in [0.15, 0.2) is 40.6 Å². The third-order valence-corrected chi connectivity index (χ3v) is 4.61. The Hall–Kier alpha value is -2.19. The highest BCUT2D eigenvalue weighted by Crippen LogP contribution is 2.37. The molecular formula is C19H23N3O2. The molecule has 0 spiro atoms. The minimum Gasteiger partial charge on any atom is -0.368 e. The lowest BCUT2D eigenvalue weighted by Crippen LogP contribution is -2.32. The molecule has 1 N–H and O–H groups in total. The smallest absolute Gasteiger partial charge is 0.220 e. The lowest BCUT2D eigenvalue weighted by molar-refractivity contribution is -0.122. The van der Waals surface area contributed by atoms with Crippen LogP contribution >= 0.6 is 0 Å². The molecule has 1 amide bonds. The Morgan fingerprint density at radius 1 is 1.29 bits per heavy atom. The van der Waals surface area contributed by atoms with Gasteiger partial charge in [-0.3, -0.25) is 4.79 Å². The van der Waals surface area contributed by atoms with E-state index < -0.39 is 0 Å². The van der Waals surface area contributed by atoms with Crippen LogP contribution in [0.2, 0.25) is 0 Å². The number of hydrogen-bond donors (Lipinski definition) is 1. The number of nitrogens with zero attached hydrogens (tertiary/aromatic N) is 2. The van der Waals surface area contributed by atoms with E-state index in [4.69, 9.17) is 11.2 Å². The van der Waals surface area contributed by atoms with Gasteiger partial charge in [-0.15, -0.1) is 12.3 Å². The quantitative estimate of drug-likeness (QED) is 0.745. The summed E-state index contributed by atoms with van der Waals surface area (Å²) in [6.45, 7) is 0.563. The molecule has 0 saturated carbocycles. The van der Waals surface area contributed by atoms with Crippen molar-refractivity contribution in [2.24, 2.45) is 10.2 Å². The molecule has 0 aliphatic carbocycles. The SMILES string of the molecule is C#CCCC1(CCC(=O)NCC2CCC(c3ccccc3)O2)N=N1. The van der Waals surface area contributed by atoms with Crippen LogP contribution in [0.4, 0.5) is 0 Å². The van der Waals surface area contributed by atoms with E-state index in [2.05, 4.69) is 33.6 Å². The fourth-order valence-corrected chi connectivity index (χ4v) is 3.07. The summed E-state index contributed by atoms with van der Waals surface area (Å²) in [5, 5.41) is 11.1. The van der Waals surface area contributed by atoms with Crippen molar-refractivity contribution < 1.29 is 9.53 Å². The van der Waals surface area contributed by atoms with Crippen LogP contribution < -0.4 is 5.32 Å². The lowest BCUT2D eigenvalue weighted by Gasteiger charge is -2.15. The van der Waals surface area contributed by atoms with Crippen LogP contribution in [-0.2, 0) is 9.53 Å². The van der Waals surface area contributed by atoms with Crippen LogP contribution in [0.25, 0.3) is 0 Å². The van der Waals surface area contributed by atoms with Crippen molar-refractivity contribution >= 4 is 5.91 Å². The normalized spacial score (nSPS) is 23.6. The van der Waals surface area contributed by atoms with Gasteiger partial charge in [0.1, 0.15) is 0 Å². The van der Waals surface area contributed by atoms with Crippen LogP contribution in [-0.4, -0.2) is 24.2 Å². The van der Waals surface area contributed by atoms with E-state index in [0.29, 0.717) is 25.8 Å². The zero-order chi connectivity index (χ0) is 16.8. The van der Waals surface area contributed by atoms with Crippen molar-refractivity contribution in [3.8, 4) is 12.3 Å². The van der Waals surface area contributed by atoms with Crippen molar-refractivity contribution in [2.45, 2.75) is 56.4 Å². The fraction of sp³-hybridized carbons (Fsp3) is 0.526. The molecule has 1 fully saturated rings. The van der Waals surface area contributed by atoms with E-state index in [0.717, 1.165) is 19.3 Å². The van der Waals surface area contributed by atoms with E-state index in [1.807, 2.05) is 18.2 Å². The third-order valence-electron chi connectivity index (χ3n) is 4.61. The maximum Gasteiger partial charge on any atom is 0.220 e. The van der Waals surface area contributed by atoms with E-state index >= 15 is 0 Å². The topological polar surface area (TPSA) is 63.0 Å². The first kappa shape index (κ1) is 16.7. The summed E-state index contributed by atoms with van der Waals surface area (Å²) in [4.78, 5) is 12.0. The van der Waals surface area contributed by atoms with E-state index in [1.54, 1.807) is 0 Å². The molecule has 2 aliphatic rings. The molecule has 0 bridgehead atoms. The van der Waals surface area contributed by atoms with Gasteiger partial charge in [0.05, 0.1) is 12.2 Å². The molecule has 1 saturated heterocycles. The van der Waals surface area contributed by atoms with Gasteiger partial charge in [-0.1, -0.05) is 30.3 Å².